The molecule has 2 N–H and O–H groups in total. The van der Waals surface area contributed by atoms with Crippen molar-refractivity contribution in [3.8, 4) is 5.75 Å². The zero-order valence-corrected chi connectivity index (χ0v) is 15.8. The molecule has 27 heavy (non-hydrogen) atoms. The fourth-order valence-corrected chi connectivity index (χ4v) is 5.24. The largest absolute Gasteiger partial charge is 0.508 e. The Balaban J connectivity index is 1.79. The molecule has 0 unspecified atom stereocenters. The molecule has 144 valence electrons. The summed E-state index contributed by atoms with van der Waals surface area (Å²) in [7, 11) is 0. The molecule has 2 fully saturated rings. The number of carbonyl (C=O) groups excluding carboxylic acids is 3. The van der Waals surface area contributed by atoms with Crippen molar-refractivity contribution in [2.24, 2.45) is 5.92 Å². The fraction of sp³-hybridized carbons (Fsp3) is 0.421. The van der Waals surface area contributed by atoms with Gasteiger partial charge in [-0.2, -0.15) is 0 Å². The normalized spacial score (nSPS) is 26.7. The molecule has 3 rings (SSSR count). The number of aliphatic hydroxyl groups is 1. The highest BCUT2D eigenvalue weighted by Gasteiger charge is 2.66. The van der Waals surface area contributed by atoms with Crippen molar-refractivity contribution in [2.75, 3.05) is 6.61 Å². The maximum absolute atomic E-state index is 12.7. The summed E-state index contributed by atoms with van der Waals surface area (Å²) in [6.07, 6.45) is -0.102. The predicted molar refractivity (Wildman–Crippen MR) is 99.2 cm³/mol. The Morgan fingerprint density at radius 3 is 2.78 bits per heavy atom. The molecule has 2 aliphatic heterocycles. The van der Waals surface area contributed by atoms with Crippen molar-refractivity contribution in [3.63, 3.8) is 0 Å². The van der Waals surface area contributed by atoms with Crippen LogP contribution in [0.25, 0.3) is 0 Å². The number of Topliss-reactive ketones (excluding diaryl/α,β-unsaturated/α-hetero) is 1. The Morgan fingerprint density at radius 1 is 1.44 bits per heavy atom. The molecular weight excluding hydrogens is 370 g/mol. The van der Waals surface area contributed by atoms with E-state index in [2.05, 4.69) is 6.58 Å². The Hall–Kier alpha value is -2.32. The van der Waals surface area contributed by atoms with Gasteiger partial charge in [0.1, 0.15) is 30.4 Å². The molecule has 0 aliphatic carbocycles. The second kappa shape index (κ2) is 7.01. The Morgan fingerprint density at radius 2 is 2.15 bits per heavy atom. The van der Waals surface area contributed by atoms with Crippen molar-refractivity contribution in [2.45, 2.75) is 36.1 Å². The number of rotatable bonds is 6. The van der Waals surface area contributed by atoms with Crippen LogP contribution in [0.2, 0.25) is 0 Å². The maximum atomic E-state index is 12.7. The smallest absolute Gasteiger partial charge is 0.330 e. The zero-order valence-electron chi connectivity index (χ0n) is 15.0. The molecule has 1 aromatic rings. The number of phenolic OH excluding ortho intramolecular Hbond substituents is 1. The van der Waals surface area contributed by atoms with Gasteiger partial charge in [0.25, 0.3) is 0 Å². The number of carbonyl (C=O) groups is 3. The van der Waals surface area contributed by atoms with E-state index in [4.69, 9.17) is 4.74 Å². The van der Waals surface area contributed by atoms with Crippen LogP contribution in [-0.2, 0) is 14.3 Å². The monoisotopic (exact) mass is 391 g/mol. The molecule has 0 saturated carbocycles. The molecule has 0 bridgehead atoms. The van der Waals surface area contributed by atoms with Crippen LogP contribution in [0, 0.1) is 5.92 Å². The second-order valence-electron chi connectivity index (χ2n) is 7.06. The maximum Gasteiger partial charge on any atom is 0.330 e. The van der Waals surface area contributed by atoms with E-state index < -0.39 is 45.8 Å². The van der Waals surface area contributed by atoms with Crippen LogP contribution in [0.4, 0.5) is 0 Å². The van der Waals surface area contributed by atoms with E-state index in [1.165, 1.54) is 47.0 Å². The molecule has 2 saturated heterocycles. The van der Waals surface area contributed by atoms with Gasteiger partial charge in [0.2, 0.25) is 5.91 Å². The first-order chi connectivity index (χ1) is 12.7. The predicted octanol–water partition coefficient (Wildman–Crippen LogP) is 1.34. The van der Waals surface area contributed by atoms with E-state index in [1.807, 2.05) is 13.8 Å². The van der Waals surface area contributed by atoms with Crippen molar-refractivity contribution in [3.05, 3.63) is 42.5 Å². The Labute approximate surface area is 161 Å². The standard InChI is InChI=1S/C19H21NO6S/c1-4-8-26-18(25)15-19(2,3)27-17-12(16(24)20(15)17)14(23)13(22)10-6-5-7-11(21)9-10/h4-7,9,12,14-15,17,21,23H,1,8H2,2-3H3/t12-,14+,15+,17-/m1/s1. The van der Waals surface area contributed by atoms with E-state index in [-0.39, 0.29) is 17.9 Å². The van der Waals surface area contributed by atoms with Crippen LogP contribution in [0.3, 0.4) is 0 Å². The molecule has 8 heteroatoms. The third kappa shape index (κ3) is 3.23. The number of ketones is 1. The van der Waals surface area contributed by atoms with Crippen LogP contribution >= 0.6 is 11.8 Å². The highest BCUT2D eigenvalue weighted by molar-refractivity contribution is 8.01. The molecule has 1 amide bonds. The highest BCUT2D eigenvalue weighted by atomic mass is 32.2. The molecule has 2 aliphatic rings. The van der Waals surface area contributed by atoms with Crippen LogP contribution in [0.15, 0.2) is 36.9 Å². The summed E-state index contributed by atoms with van der Waals surface area (Å²) in [4.78, 5) is 39.0. The minimum absolute atomic E-state index is 0.0464. The van der Waals surface area contributed by atoms with Crippen molar-refractivity contribution >= 4 is 29.4 Å². The van der Waals surface area contributed by atoms with E-state index in [0.29, 0.717) is 0 Å². The number of nitrogens with zero attached hydrogens (tertiary/aromatic N) is 1. The number of fused-ring (bicyclic) bond motifs is 1. The van der Waals surface area contributed by atoms with Crippen LogP contribution in [0.5, 0.6) is 5.75 Å². The van der Waals surface area contributed by atoms with Crippen molar-refractivity contribution in [1.29, 1.82) is 0 Å². The molecule has 0 radical (unpaired) electrons. The summed E-state index contributed by atoms with van der Waals surface area (Å²) >= 11 is 1.36. The van der Waals surface area contributed by atoms with Gasteiger partial charge >= 0.3 is 5.97 Å². The van der Waals surface area contributed by atoms with Crippen LogP contribution < -0.4 is 0 Å². The minimum Gasteiger partial charge on any atom is -0.508 e. The number of thioether (sulfide) groups is 1. The lowest BCUT2D eigenvalue weighted by atomic mass is 9.85. The second-order valence-corrected chi connectivity index (χ2v) is 8.83. The number of phenols is 1. The lowest BCUT2D eigenvalue weighted by Crippen LogP contribution is -2.66. The Kier molecular flexibility index (Phi) is 5.05. The number of benzene rings is 1. The summed E-state index contributed by atoms with van der Waals surface area (Å²) in [5.41, 5.74) is 0.123. The third-order valence-corrected chi connectivity index (χ3v) is 6.38. The average Bonchev–Trinajstić information content (AvgIpc) is 2.86. The van der Waals surface area contributed by atoms with E-state index in [0.717, 1.165) is 0 Å². The van der Waals surface area contributed by atoms with Crippen LogP contribution in [0.1, 0.15) is 24.2 Å². The number of aromatic hydroxyl groups is 1. The molecule has 0 spiro atoms. The van der Waals surface area contributed by atoms with E-state index in [9.17, 15) is 24.6 Å². The van der Waals surface area contributed by atoms with Gasteiger partial charge in [-0.05, 0) is 26.0 Å². The molecule has 0 aromatic heterocycles. The zero-order chi connectivity index (χ0) is 19.9. The van der Waals surface area contributed by atoms with Gasteiger partial charge in [-0.25, -0.2) is 4.79 Å². The molecule has 2 heterocycles. The van der Waals surface area contributed by atoms with Gasteiger partial charge in [-0.15, -0.1) is 11.8 Å². The highest BCUT2D eigenvalue weighted by Crippen LogP contribution is 2.54. The first-order valence-corrected chi connectivity index (χ1v) is 9.36. The molecule has 4 atom stereocenters. The number of hydrogen-bond donors (Lipinski definition) is 2. The average molecular weight is 391 g/mol. The van der Waals surface area contributed by atoms with E-state index >= 15 is 0 Å². The number of aliphatic hydroxyl groups excluding tert-OH is 1. The summed E-state index contributed by atoms with van der Waals surface area (Å²) < 4.78 is 4.49. The fourth-order valence-electron chi connectivity index (χ4n) is 3.53. The summed E-state index contributed by atoms with van der Waals surface area (Å²) in [5.74, 6) is -2.67. The van der Waals surface area contributed by atoms with Crippen molar-refractivity contribution in [1.82, 2.24) is 4.90 Å². The SMILES string of the molecule is C=CCOC(=O)[C@@H]1N2C(=O)[C@@H]([C@H](O)C(=O)c3cccc(O)c3)[C@H]2SC1(C)C. The number of β-lactam (4-membered cyclic amide) rings is 1. The third-order valence-electron chi connectivity index (χ3n) is 4.79. The number of amides is 1. The van der Waals surface area contributed by atoms with Gasteiger partial charge in [-0.1, -0.05) is 24.8 Å². The lowest BCUT2D eigenvalue weighted by Gasteiger charge is -2.45. The quantitative estimate of drug-likeness (QED) is 0.326. The van der Waals surface area contributed by atoms with Crippen LogP contribution in [-0.4, -0.2) is 61.6 Å². The molecular formula is C19H21NO6S. The summed E-state index contributed by atoms with van der Waals surface area (Å²) in [5, 5.41) is 19.5. The van der Waals surface area contributed by atoms with Gasteiger partial charge < -0.3 is 19.8 Å². The minimum atomic E-state index is -1.55. The van der Waals surface area contributed by atoms with E-state index in [1.54, 1.807) is 0 Å². The first kappa shape index (κ1) is 19.4. The van der Waals surface area contributed by atoms with Gasteiger partial charge in [0, 0.05) is 10.3 Å². The van der Waals surface area contributed by atoms with Gasteiger partial charge in [0.15, 0.2) is 5.78 Å². The number of hydrogen-bond acceptors (Lipinski definition) is 7. The van der Waals surface area contributed by atoms with Crippen molar-refractivity contribution < 1.29 is 29.3 Å². The van der Waals surface area contributed by atoms with Gasteiger partial charge in [-0.3, -0.25) is 9.59 Å². The Bertz CT molecular complexity index is 807. The molecule has 7 nitrogen and oxygen atoms in total. The number of esters is 1. The number of ether oxygens (including phenoxy) is 1. The topological polar surface area (TPSA) is 104 Å². The first-order valence-electron chi connectivity index (χ1n) is 8.48. The lowest BCUT2D eigenvalue weighted by molar-refractivity contribution is -0.169. The van der Waals surface area contributed by atoms with Gasteiger partial charge in [0.05, 0.1) is 5.37 Å². The summed E-state index contributed by atoms with van der Waals surface area (Å²) in [6, 6.07) is 4.82. The molecule has 1 aromatic carbocycles. The summed E-state index contributed by atoms with van der Waals surface area (Å²) in [6.45, 7) is 7.19.